The number of hydrogen-bond donors (Lipinski definition) is 2. The number of rotatable bonds is 4. The van der Waals surface area contributed by atoms with Crippen LogP contribution < -0.4 is 11.1 Å². The van der Waals surface area contributed by atoms with E-state index >= 15 is 0 Å². The highest BCUT2D eigenvalue weighted by molar-refractivity contribution is 5.67. The predicted octanol–water partition coefficient (Wildman–Crippen LogP) is 3.20. The maximum atomic E-state index is 11.6. The van der Waals surface area contributed by atoms with Gasteiger partial charge in [0.15, 0.2) is 0 Å². The third-order valence-electron chi connectivity index (χ3n) is 3.52. The topological polar surface area (TPSA) is 64.3 Å². The molecule has 3 N–H and O–H groups in total. The maximum absolute atomic E-state index is 11.6. The summed E-state index contributed by atoms with van der Waals surface area (Å²) < 4.78 is 5.22. The first kappa shape index (κ1) is 16.3. The normalized spacial score (nSPS) is 20.7. The second-order valence-electron chi connectivity index (χ2n) is 7.22. The first-order chi connectivity index (χ1) is 8.68. The lowest BCUT2D eigenvalue weighted by Crippen LogP contribution is -2.49. The summed E-state index contributed by atoms with van der Waals surface area (Å²) in [4.78, 5) is 11.6. The first-order valence-electron chi connectivity index (χ1n) is 7.44. The van der Waals surface area contributed by atoms with Crippen LogP contribution in [0, 0.1) is 5.92 Å². The fraction of sp³-hybridized carbons (Fsp3) is 0.933. The SMILES string of the molecule is CC(N)(CNC(=O)OC(C)(C)C)CC1CCCCC1. The predicted molar refractivity (Wildman–Crippen MR) is 78.0 cm³/mol. The van der Waals surface area contributed by atoms with Crippen molar-refractivity contribution in [3.8, 4) is 0 Å². The molecule has 0 aliphatic heterocycles. The van der Waals surface area contributed by atoms with Gasteiger partial charge in [-0.2, -0.15) is 0 Å². The van der Waals surface area contributed by atoms with E-state index in [1.54, 1.807) is 0 Å². The van der Waals surface area contributed by atoms with Gasteiger partial charge in [-0.1, -0.05) is 32.1 Å². The van der Waals surface area contributed by atoms with Gasteiger partial charge in [-0.3, -0.25) is 0 Å². The largest absolute Gasteiger partial charge is 0.444 e. The molecule has 0 aromatic carbocycles. The van der Waals surface area contributed by atoms with Crippen molar-refractivity contribution in [3.05, 3.63) is 0 Å². The lowest BCUT2D eigenvalue weighted by Gasteiger charge is -2.32. The number of carbonyl (C=O) groups excluding carboxylic acids is 1. The van der Waals surface area contributed by atoms with Gasteiger partial charge in [0.25, 0.3) is 0 Å². The summed E-state index contributed by atoms with van der Waals surface area (Å²) in [6.45, 7) is 8.06. The molecular weight excluding hydrogens is 240 g/mol. The number of alkyl carbamates (subject to hydrolysis) is 1. The average molecular weight is 270 g/mol. The van der Waals surface area contributed by atoms with E-state index in [1.165, 1.54) is 32.1 Å². The Morgan fingerprint density at radius 2 is 1.79 bits per heavy atom. The zero-order chi connectivity index (χ0) is 14.5. The molecule has 1 aliphatic carbocycles. The van der Waals surface area contributed by atoms with Gasteiger partial charge in [0.1, 0.15) is 5.60 Å². The number of carbonyl (C=O) groups is 1. The molecular formula is C15H30N2O2. The molecule has 1 atom stereocenters. The second kappa shape index (κ2) is 6.60. The van der Waals surface area contributed by atoms with Gasteiger partial charge in [-0.25, -0.2) is 4.79 Å². The number of ether oxygens (including phenoxy) is 1. The Kier molecular flexibility index (Phi) is 5.65. The van der Waals surface area contributed by atoms with Crippen molar-refractivity contribution in [1.29, 1.82) is 0 Å². The zero-order valence-corrected chi connectivity index (χ0v) is 12.9. The third kappa shape index (κ3) is 7.41. The van der Waals surface area contributed by atoms with Crippen LogP contribution in [0.15, 0.2) is 0 Å². The van der Waals surface area contributed by atoms with Crippen LogP contribution in [0.5, 0.6) is 0 Å². The van der Waals surface area contributed by atoms with E-state index in [1.807, 2.05) is 27.7 Å². The van der Waals surface area contributed by atoms with Gasteiger partial charge in [-0.05, 0) is 40.0 Å². The van der Waals surface area contributed by atoms with Crippen molar-refractivity contribution >= 4 is 6.09 Å². The maximum Gasteiger partial charge on any atom is 0.407 e. The number of amides is 1. The van der Waals surface area contributed by atoms with Crippen LogP contribution in [-0.2, 0) is 4.74 Å². The molecule has 1 rings (SSSR count). The number of nitrogens with one attached hydrogen (secondary N) is 1. The molecule has 0 aromatic rings. The van der Waals surface area contributed by atoms with Crippen molar-refractivity contribution in [2.45, 2.75) is 77.4 Å². The molecule has 1 unspecified atom stereocenters. The van der Waals surface area contributed by atoms with E-state index in [4.69, 9.17) is 10.5 Å². The Morgan fingerprint density at radius 3 is 2.32 bits per heavy atom. The molecule has 1 fully saturated rings. The van der Waals surface area contributed by atoms with Crippen LogP contribution in [0.4, 0.5) is 4.79 Å². The van der Waals surface area contributed by atoms with Gasteiger partial charge in [0, 0.05) is 12.1 Å². The Labute approximate surface area is 117 Å². The smallest absolute Gasteiger partial charge is 0.407 e. The zero-order valence-electron chi connectivity index (χ0n) is 12.9. The summed E-state index contributed by atoms with van der Waals surface area (Å²) in [7, 11) is 0. The molecule has 0 saturated heterocycles. The molecule has 0 radical (unpaired) electrons. The van der Waals surface area contributed by atoms with E-state index < -0.39 is 5.60 Å². The lowest BCUT2D eigenvalue weighted by molar-refractivity contribution is 0.0512. The Hall–Kier alpha value is -0.770. The van der Waals surface area contributed by atoms with Crippen molar-refractivity contribution in [2.24, 2.45) is 11.7 Å². The lowest BCUT2D eigenvalue weighted by atomic mass is 9.80. The molecule has 0 spiro atoms. The van der Waals surface area contributed by atoms with E-state index in [0.717, 1.165) is 6.42 Å². The minimum Gasteiger partial charge on any atom is -0.444 e. The van der Waals surface area contributed by atoms with Gasteiger partial charge in [0.05, 0.1) is 0 Å². The molecule has 0 heterocycles. The molecule has 4 nitrogen and oxygen atoms in total. The number of hydrogen-bond acceptors (Lipinski definition) is 3. The Balaban J connectivity index is 2.31. The van der Waals surface area contributed by atoms with Crippen LogP contribution in [0.3, 0.4) is 0 Å². The van der Waals surface area contributed by atoms with Gasteiger partial charge in [-0.15, -0.1) is 0 Å². The summed E-state index contributed by atoms with van der Waals surface area (Å²) in [6, 6.07) is 0. The van der Waals surface area contributed by atoms with Crippen LogP contribution in [-0.4, -0.2) is 23.8 Å². The number of nitrogens with two attached hydrogens (primary N) is 1. The highest BCUT2D eigenvalue weighted by Crippen LogP contribution is 2.29. The van der Waals surface area contributed by atoms with Crippen LogP contribution >= 0.6 is 0 Å². The fourth-order valence-corrected chi connectivity index (χ4v) is 2.71. The monoisotopic (exact) mass is 270 g/mol. The van der Waals surface area contributed by atoms with Gasteiger partial charge < -0.3 is 15.8 Å². The van der Waals surface area contributed by atoms with Gasteiger partial charge >= 0.3 is 6.09 Å². The summed E-state index contributed by atoms with van der Waals surface area (Å²) in [5, 5.41) is 2.78. The van der Waals surface area contributed by atoms with E-state index in [-0.39, 0.29) is 11.6 Å². The Bertz CT molecular complexity index is 289. The molecule has 1 amide bonds. The summed E-state index contributed by atoms with van der Waals surface area (Å²) >= 11 is 0. The van der Waals surface area contributed by atoms with Gasteiger partial charge in [0.2, 0.25) is 0 Å². The molecule has 1 saturated carbocycles. The first-order valence-corrected chi connectivity index (χ1v) is 7.44. The van der Waals surface area contributed by atoms with Crippen molar-refractivity contribution in [3.63, 3.8) is 0 Å². The van der Waals surface area contributed by atoms with Crippen LogP contribution in [0.25, 0.3) is 0 Å². The van der Waals surface area contributed by atoms with Crippen LogP contribution in [0.1, 0.15) is 66.2 Å². The molecule has 112 valence electrons. The van der Waals surface area contributed by atoms with E-state index in [2.05, 4.69) is 5.32 Å². The van der Waals surface area contributed by atoms with Crippen molar-refractivity contribution < 1.29 is 9.53 Å². The highest BCUT2D eigenvalue weighted by Gasteiger charge is 2.26. The van der Waals surface area contributed by atoms with E-state index in [0.29, 0.717) is 12.5 Å². The van der Waals surface area contributed by atoms with Crippen molar-refractivity contribution in [1.82, 2.24) is 5.32 Å². The highest BCUT2D eigenvalue weighted by atomic mass is 16.6. The molecule has 0 aromatic heterocycles. The third-order valence-corrected chi connectivity index (χ3v) is 3.52. The van der Waals surface area contributed by atoms with E-state index in [9.17, 15) is 4.79 Å². The minimum atomic E-state index is -0.460. The van der Waals surface area contributed by atoms with Crippen molar-refractivity contribution in [2.75, 3.05) is 6.54 Å². The molecule has 0 bridgehead atoms. The quantitative estimate of drug-likeness (QED) is 0.824. The summed E-state index contributed by atoms with van der Waals surface area (Å²) in [5.41, 5.74) is 5.48. The Morgan fingerprint density at radius 1 is 1.21 bits per heavy atom. The summed E-state index contributed by atoms with van der Waals surface area (Å²) in [6.07, 6.45) is 7.14. The molecule has 19 heavy (non-hydrogen) atoms. The average Bonchev–Trinajstić information content (AvgIpc) is 2.25. The summed E-state index contributed by atoms with van der Waals surface area (Å²) in [5.74, 6) is 0.712. The standard InChI is InChI=1S/C15H30N2O2/c1-14(2,3)19-13(18)17-11-15(4,16)10-12-8-6-5-7-9-12/h12H,5-11,16H2,1-4H3,(H,17,18). The fourth-order valence-electron chi connectivity index (χ4n) is 2.71. The molecule has 1 aliphatic rings. The minimum absolute atomic E-state index is 0.348. The second-order valence-corrected chi connectivity index (χ2v) is 7.22. The van der Waals surface area contributed by atoms with Crippen LogP contribution in [0.2, 0.25) is 0 Å². The molecule has 4 heteroatoms.